The van der Waals surface area contributed by atoms with E-state index in [1.165, 1.54) is 25.7 Å². The number of amides is 1. The van der Waals surface area contributed by atoms with E-state index in [1.54, 1.807) is 0 Å². The minimum absolute atomic E-state index is 0.0360. The van der Waals surface area contributed by atoms with E-state index < -0.39 is 0 Å². The summed E-state index contributed by atoms with van der Waals surface area (Å²) in [7, 11) is 0. The molecule has 0 saturated carbocycles. The van der Waals surface area contributed by atoms with Gasteiger partial charge in [0.15, 0.2) is 0 Å². The van der Waals surface area contributed by atoms with Crippen LogP contribution in [-0.4, -0.2) is 25.0 Å². The average Bonchev–Trinajstić information content (AvgIpc) is 2.28. The third-order valence-electron chi connectivity index (χ3n) is 3.56. The van der Waals surface area contributed by atoms with E-state index in [-0.39, 0.29) is 11.9 Å². The number of piperidine rings is 1. The zero-order chi connectivity index (χ0) is 12.7. The van der Waals surface area contributed by atoms with E-state index in [0.29, 0.717) is 5.92 Å². The first kappa shape index (κ1) is 14.5. The van der Waals surface area contributed by atoms with Gasteiger partial charge in [0.1, 0.15) is 0 Å². The smallest absolute Gasteiger partial charge is 0.237 e. The fourth-order valence-corrected chi connectivity index (χ4v) is 2.40. The largest absolute Gasteiger partial charge is 0.355 e. The lowest BCUT2D eigenvalue weighted by atomic mass is 9.92. The maximum atomic E-state index is 11.9. The van der Waals surface area contributed by atoms with Crippen molar-refractivity contribution < 1.29 is 4.79 Å². The molecule has 2 unspecified atom stereocenters. The molecule has 1 amide bonds. The molecular weight excluding hydrogens is 212 g/mol. The number of carbonyl (C=O) groups is 1. The first-order valence-corrected chi connectivity index (χ1v) is 7.12. The summed E-state index contributed by atoms with van der Waals surface area (Å²) >= 11 is 0. The lowest BCUT2D eigenvalue weighted by Crippen LogP contribution is -2.51. The van der Waals surface area contributed by atoms with Gasteiger partial charge in [-0.3, -0.25) is 4.79 Å². The second kappa shape index (κ2) is 7.70. The van der Waals surface area contributed by atoms with Crippen molar-refractivity contribution in [2.45, 2.75) is 58.9 Å². The topological polar surface area (TPSA) is 41.1 Å². The first-order valence-electron chi connectivity index (χ1n) is 7.12. The predicted molar refractivity (Wildman–Crippen MR) is 71.9 cm³/mol. The average molecular weight is 240 g/mol. The molecule has 0 aromatic heterocycles. The van der Waals surface area contributed by atoms with Gasteiger partial charge < -0.3 is 10.6 Å². The first-order chi connectivity index (χ1) is 8.11. The summed E-state index contributed by atoms with van der Waals surface area (Å²) < 4.78 is 0. The van der Waals surface area contributed by atoms with Crippen LogP contribution in [0.3, 0.4) is 0 Å². The third kappa shape index (κ3) is 5.53. The van der Waals surface area contributed by atoms with Crippen LogP contribution in [0.4, 0.5) is 0 Å². The minimum atomic E-state index is 0.0360. The lowest BCUT2D eigenvalue weighted by molar-refractivity contribution is -0.124. The SMILES string of the molecule is CC(C)CCCCNC(=O)C1NCCCC1C. The van der Waals surface area contributed by atoms with E-state index in [9.17, 15) is 4.79 Å². The van der Waals surface area contributed by atoms with Gasteiger partial charge in [-0.05, 0) is 37.6 Å². The second-order valence-corrected chi connectivity index (χ2v) is 5.73. The number of carbonyl (C=O) groups excluding carboxylic acids is 1. The highest BCUT2D eigenvalue weighted by molar-refractivity contribution is 5.82. The molecule has 0 aromatic carbocycles. The summed E-state index contributed by atoms with van der Waals surface area (Å²) in [6.07, 6.45) is 5.93. The minimum Gasteiger partial charge on any atom is -0.355 e. The highest BCUT2D eigenvalue weighted by atomic mass is 16.2. The number of unbranched alkanes of at least 4 members (excludes halogenated alkanes) is 1. The maximum absolute atomic E-state index is 11.9. The van der Waals surface area contributed by atoms with Crippen LogP contribution in [0.1, 0.15) is 52.9 Å². The molecule has 2 atom stereocenters. The molecule has 0 aromatic rings. The van der Waals surface area contributed by atoms with Gasteiger partial charge in [-0.2, -0.15) is 0 Å². The Morgan fingerprint density at radius 2 is 2.18 bits per heavy atom. The second-order valence-electron chi connectivity index (χ2n) is 5.73. The maximum Gasteiger partial charge on any atom is 0.237 e. The van der Waals surface area contributed by atoms with Gasteiger partial charge in [0.05, 0.1) is 6.04 Å². The zero-order valence-corrected chi connectivity index (χ0v) is 11.6. The lowest BCUT2D eigenvalue weighted by Gasteiger charge is -2.28. The predicted octanol–water partition coefficient (Wildman–Crippen LogP) is 2.32. The van der Waals surface area contributed by atoms with Crippen LogP contribution >= 0.6 is 0 Å². The Morgan fingerprint density at radius 3 is 2.82 bits per heavy atom. The van der Waals surface area contributed by atoms with Crippen molar-refractivity contribution in [2.75, 3.05) is 13.1 Å². The Kier molecular flexibility index (Phi) is 6.56. The number of rotatable bonds is 6. The van der Waals surface area contributed by atoms with E-state index in [1.807, 2.05) is 0 Å². The van der Waals surface area contributed by atoms with Crippen molar-refractivity contribution in [2.24, 2.45) is 11.8 Å². The number of nitrogens with one attached hydrogen (secondary N) is 2. The molecule has 0 aliphatic carbocycles. The number of hydrogen-bond donors (Lipinski definition) is 2. The molecule has 1 fully saturated rings. The standard InChI is InChI=1S/C14H28N2O/c1-11(2)7-4-5-9-16-14(17)13-12(3)8-6-10-15-13/h11-13,15H,4-10H2,1-3H3,(H,16,17). The van der Waals surface area contributed by atoms with Gasteiger partial charge in [-0.15, -0.1) is 0 Å². The molecule has 3 nitrogen and oxygen atoms in total. The number of hydrogen-bond acceptors (Lipinski definition) is 2. The summed E-state index contributed by atoms with van der Waals surface area (Å²) in [6, 6.07) is 0.0360. The van der Waals surface area contributed by atoms with Crippen LogP contribution in [0, 0.1) is 11.8 Å². The van der Waals surface area contributed by atoms with Crippen LogP contribution < -0.4 is 10.6 Å². The molecule has 17 heavy (non-hydrogen) atoms. The molecule has 1 rings (SSSR count). The van der Waals surface area contributed by atoms with Crippen LogP contribution in [-0.2, 0) is 4.79 Å². The van der Waals surface area contributed by atoms with E-state index in [2.05, 4.69) is 31.4 Å². The van der Waals surface area contributed by atoms with Crippen molar-refractivity contribution in [3.8, 4) is 0 Å². The molecule has 100 valence electrons. The normalized spacial score (nSPS) is 24.9. The summed E-state index contributed by atoms with van der Waals surface area (Å²) in [4.78, 5) is 11.9. The summed E-state index contributed by atoms with van der Waals surface area (Å²) in [5.74, 6) is 1.44. The quantitative estimate of drug-likeness (QED) is 0.700. The molecule has 0 bridgehead atoms. The Hall–Kier alpha value is -0.570. The molecular formula is C14H28N2O. The van der Waals surface area contributed by atoms with Gasteiger partial charge in [0.25, 0.3) is 0 Å². The van der Waals surface area contributed by atoms with Crippen molar-refractivity contribution in [1.82, 2.24) is 10.6 Å². The third-order valence-corrected chi connectivity index (χ3v) is 3.56. The highest BCUT2D eigenvalue weighted by Gasteiger charge is 2.26. The molecule has 1 aliphatic rings. The molecule has 1 saturated heterocycles. The molecule has 1 aliphatic heterocycles. The van der Waals surface area contributed by atoms with Crippen molar-refractivity contribution >= 4 is 5.91 Å². The molecule has 0 spiro atoms. The Labute approximate surface area is 106 Å². The van der Waals surface area contributed by atoms with E-state index in [0.717, 1.165) is 25.4 Å². The van der Waals surface area contributed by atoms with E-state index in [4.69, 9.17) is 0 Å². The Balaban J connectivity index is 2.11. The highest BCUT2D eigenvalue weighted by Crippen LogP contribution is 2.15. The van der Waals surface area contributed by atoms with Crippen molar-refractivity contribution in [1.29, 1.82) is 0 Å². The summed E-state index contributed by atoms with van der Waals surface area (Å²) in [5, 5.41) is 6.37. The van der Waals surface area contributed by atoms with Gasteiger partial charge in [-0.25, -0.2) is 0 Å². The van der Waals surface area contributed by atoms with Crippen molar-refractivity contribution in [3.05, 3.63) is 0 Å². The van der Waals surface area contributed by atoms with Crippen molar-refractivity contribution in [3.63, 3.8) is 0 Å². The fourth-order valence-electron chi connectivity index (χ4n) is 2.40. The Bertz CT molecular complexity index is 228. The van der Waals surface area contributed by atoms with Gasteiger partial charge in [0.2, 0.25) is 5.91 Å². The van der Waals surface area contributed by atoms with Crippen LogP contribution in [0.15, 0.2) is 0 Å². The molecule has 3 heteroatoms. The van der Waals surface area contributed by atoms with Crippen LogP contribution in [0.25, 0.3) is 0 Å². The fraction of sp³-hybridized carbons (Fsp3) is 0.929. The zero-order valence-electron chi connectivity index (χ0n) is 11.6. The monoisotopic (exact) mass is 240 g/mol. The van der Waals surface area contributed by atoms with Crippen LogP contribution in [0.2, 0.25) is 0 Å². The molecule has 0 radical (unpaired) electrons. The summed E-state index contributed by atoms with van der Waals surface area (Å²) in [5.41, 5.74) is 0. The Morgan fingerprint density at radius 1 is 1.41 bits per heavy atom. The summed E-state index contributed by atoms with van der Waals surface area (Å²) in [6.45, 7) is 8.46. The molecule has 1 heterocycles. The van der Waals surface area contributed by atoms with Gasteiger partial charge in [-0.1, -0.05) is 33.6 Å². The van der Waals surface area contributed by atoms with E-state index >= 15 is 0 Å². The van der Waals surface area contributed by atoms with Gasteiger partial charge >= 0.3 is 0 Å². The van der Waals surface area contributed by atoms with Crippen LogP contribution in [0.5, 0.6) is 0 Å². The van der Waals surface area contributed by atoms with Gasteiger partial charge in [0, 0.05) is 6.54 Å². The molecule has 2 N–H and O–H groups in total.